The lowest BCUT2D eigenvalue weighted by Gasteiger charge is -2.27. The number of rotatable bonds is 8. The predicted octanol–water partition coefficient (Wildman–Crippen LogP) is 2.56. The van der Waals surface area contributed by atoms with Gasteiger partial charge in [0.2, 0.25) is 0 Å². The first-order valence-electron chi connectivity index (χ1n) is 10.5. The number of nitrogens with one attached hydrogen (secondary N) is 3. The smallest absolute Gasteiger partial charge is 0.321 e. The molecule has 4 rings (SSSR count). The van der Waals surface area contributed by atoms with E-state index >= 15 is 0 Å². The van der Waals surface area contributed by atoms with E-state index in [1.54, 1.807) is 42.2 Å². The highest BCUT2D eigenvalue weighted by molar-refractivity contribution is 6.02. The lowest BCUT2D eigenvalue weighted by atomic mass is 10.0. The highest BCUT2D eigenvalue weighted by Crippen LogP contribution is 2.28. The van der Waals surface area contributed by atoms with Crippen molar-refractivity contribution in [3.05, 3.63) is 60.6 Å². The van der Waals surface area contributed by atoms with E-state index < -0.39 is 29.8 Å². The quantitative estimate of drug-likeness (QED) is 0.349. The lowest BCUT2D eigenvalue weighted by molar-refractivity contribution is -0.143. The molecule has 3 aromatic heterocycles. The Kier molecular flexibility index (Phi) is 6.40. The summed E-state index contributed by atoms with van der Waals surface area (Å²) in [4.78, 5) is 39.1. The maximum Gasteiger partial charge on any atom is 0.321 e. The number of fused-ring (bicyclic) bond motifs is 1. The number of carbonyl (C=O) groups is 2. The molecule has 2 amide bonds. The third-order valence-corrected chi connectivity index (χ3v) is 5.23. The molecule has 0 aliphatic heterocycles. The van der Waals surface area contributed by atoms with Crippen molar-refractivity contribution in [1.29, 1.82) is 0 Å². The Morgan fingerprint density at radius 3 is 2.54 bits per heavy atom. The molecule has 4 aromatic rings. The van der Waals surface area contributed by atoms with Gasteiger partial charge in [-0.25, -0.2) is 15.0 Å². The fourth-order valence-corrected chi connectivity index (χ4v) is 3.57. The minimum atomic E-state index is -3.55. The summed E-state index contributed by atoms with van der Waals surface area (Å²) in [5.74, 6) is -5.21. The summed E-state index contributed by atoms with van der Waals surface area (Å²) in [7, 11) is 1.42. The maximum atomic E-state index is 13.6. The zero-order valence-corrected chi connectivity index (χ0v) is 19.0. The Bertz CT molecular complexity index is 1330. The second kappa shape index (κ2) is 9.44. The molecule has 0 spiro atoms. The molecule has 0 aliphatic rings. The van der Waals surface area contributed by atoms with Crippen LogP contribution in [0, 0.1) is 0 Å². The Balaban J connectivity index is 1.68. The molecule has 11 nitrogen and oxygen atoms in total. The number of ether oxygens (including phenoxy) is 1. The number of benzene rings is 1. The molecule has 0 bridgehead atoms. The van der Waals surface area contributed by atoms with E-state index in [1.807, 2.05) is 0 Å². The van der Waals surface area contributed by atoms with E-state index in [4.69, 9.17) is 4.74 Å². The molecule has 0 radical (unpaired) electrons. The number of aromatic nitrogens is 6. The number of methoxy groups -OCH3 is 1. The lowest BCUT2D eigenvalue weighted by Crippen LogP contribution is -2.46. The Hall–Kier alpha value is -4.42. The van der Waals surface area contributed by atoms with E-state index in [0.717, 1.165) is 0 Å². The Morgan fingerprint density at radius 2 is 1.91 bits per heavy atom. The van der Waals surface area contributed by atoms with Gasteiger partial charge in [0, 0.05) is 48.3 Å². The van der Waals surface area contributed by atoms with Crippen LogP contribution < -0.4 is 15.4 Å². The molecule has 2 atom stereocenters. The first kappa shape index (κ1) is 23.7. The van der Waals surface area contributed by atoms with Gasteiger partial charge in [0.05, 0.1) is 24.9 Å². The van der Waals surface area contributed by atoms with E-state index in [1.165, 1.54) is 25.7 Å². The number of nitrogens with zero attached hydrogens (tertiary/aromatic N) is 5. The fourth-order valence-electron chi connectivity index (χ4n) is 3.57. The number of carbonyl (C=O) groups excluding carboxylic acids is 2. The van der Waals surface area contributed by atoms with E-state index in [2.05, 4.69) is 35.7 Å². The van der Waals surface area contributed by atoms with E-state index in [-0.39, 0.29) is 11.8 Å². The normalized spacial score (nSPS) is 13.3. The van der Waals surface area contributed by atoms with Crippen LogP contribution in [0.3, 0.4) is 0 Å². The predicted molar refractivity (Wildman–Crippen MR) is 121 cm³/mol. The third-order valence-electron chi connectivity index (χ3n) is 5.23. The van der Waals surface area contributed by atoms with Gasteiger partial charge in [-0.2, -0.15) is 13.9 Å². The van der Waals surface area contributed by atoms with Crippen LogP contribution in [0.15, 0.2) is 49.2 Å². The van der Waals surface area contributed by atoms with Crippen molar-refractivity contribution in [3.63, 3.8) is 0 Å². The van der Waals surface area contributed by atoms with Crippen LogP contribution in [0.25, 0.3) is 10.9 Å². The molecule has 0 saturated carbocycles. The summed E-state index contributed by atoms with van der Waals surface area (Å²) in [6.45, 7) is 2.12. The monoisotopic (exact) mass is 484 g/mol. The Labute approximate surface area is 197 Å². The van der Waals surface area contributed by atoms with Crippen LogP contribution >= 0.6 is 0 Å². The molecule has 0 saturated heterocycles. The van der Waals surface area contributed by atoms with Crippen molar-refractivity contribution in [1.82, 2.24) is 35.0 Å². The van der Waals surface area contributed by atoms with Gasteiger partial charge in [-0.3, -0.25) is 14.3 Å². The summed E-state index contributed by atoms with van der Waals surface area (Å²) >= 11 is 0. The number of hydrogen-bond donors (Lipinski definition) is 3. The molecule has 35 heavy (non-hydrogen) atoms. The first-order chi connectivity index (χ1) is 16.7. The standard InChI is InChI=1S/C22H22F2N8O3/c1-12(30-20(34)22(2,23)24)17(14-9-27-21(35-3)28-10-14)32-16-5-4-15(8-13(16)11-29-32)31-19(33)18-25-6-7-26-18/h4-12,17H,1-3H3,(H,25,26)(H,30,34)(H,31,33)/t12-,17-/m0/s1. The number of hydrogen-bond acceptors (Lipinski definition) is 7. The zero-order valence-electron chi connectivity index (χ0n) is 19.0. The number of imidazole rings is 1. The average Bonchev–Trinajstić information content (AvgIpc) is 3.50. The molecule has 3 N–H and O–H groups in total. The van der Waals surface area contributed by atoms with Gasteiger partial charge in [-0.1, -0.05) is 0 Å². The molecule has 0 fully saturated rings. The maximum absolute atomic E-state index is 13.6. The number of anilines is 1. The first-order valence-corrected chi connectivity index (χ1v) is 10.5. The molecule has 0 unspecified atom stereocenters. The van der Waals surface area contributed by atoms with Crippen LogP contribution in [-0.4, -0.2) is 60.6 Å². The summed E-state index contributed by atoms with van der Waals surface area (Å²) < 4.78 is 33.7. The third kappa shape index (κ3) is 5.08. The highest BCUT2D eigenvalue weighted by Gasteiger charge is 2.35. The summed E-state index contributed by atoms with van der Waals surface area (Å²) in [5, 5.41) is 10.2. The van der Waals surface area contributed by atoms with Gasteiger partial charge in [0.25, 0.3) is 11.8 Å². The minimum Gasteiger partial charge on any atom is -0.467 e. The fraction of sp³-hybridized carbons (Fsp3) is 0.273. The summed E-state index contributed by atoms with van der Waals surface area (Å²) in [6, 6.07) is 3.70. The van der Waals surface area contributed by atoms with Gasteiger partial charge >= 0.3 is 11.9 Å². The molecule has 1 aromatic carbocycles. The molecule has 3 heterocycles. The number of aromatic amines is 1. The van der Waals surface area contributed by atoms with Gasteiger partial charge < -0.3 is 20.4 Å². The number of halogens is 2. The van der Waals surface area contributed by atoms with Crippen LogP contribution in [0.4, 0.5) is 14.5 Å². The SMILES string of the molecule is COc1ncc([C@H]([C@H](C)NC(=O)C(C)(F)F)n2ncc3cc(NC(=O)c4ncc[nH]4)ccc32)cn1. The topological polar surface area (TPSA) is 140 Å². The van der Waals surface area contributed by atoms with E-state index in [0.29, 0.717) is 29.1 Å². The van der Waals surface area contributed by atoms with Gasteiger partial charge in [0.1, 0.15) is 6.04 Å². The second-order valence-corrected chi connectivity index (χ2v) is 7.85. The van der Waals surface area contributed by atoms with Crippen LogP contribution in [0.5, 0.6) is 6.01 Å². The second-order valence-electron chi connectivity index (χ2n) is 7.85. The molecule has 0 aliphatic carbocycles. The number of H-pyrrole nitrogens is 1. The highest BCUT2D eigenvalue weighted by atomic mass is 19.3. The average molecular weight is 484 g/mol. The largest absolute Gasteiger partial charge is 0.467 e. The van der Waals surface area contributed by atoms with Crippen LogP contribution in [0.2, 0.25) is 0 Å². The van der Waals surface area contributed by atoms with Crippen molar-refractivity contribution in [2.24, 2.45) is 0 Å². The van der Waals surface area contributed by atoms with Crippen molar-refractivity contribution < 1.29 is 23.1 Å². The number of amides is 2. The van der Waals surface area contributed by atoms with Crippen molar-refractivity contribution in [2.75, 3.05) is 12.4 Å². The van der Waals surface area contributed by atoms with Gasteiger partial charge in [-0.15, -0.1) is 0 Å². The van der Waals surface area contributed by atoms with Crippen molar-refractivity contribution in [3.8, 4) is 6.01 Å². The van der Waals surface area contributed by atoms with Gasteiger partial charge in [0.15, 0.2) is 5.82 Å². The van der Waals surface area contributed by atoms with E-state index in [9.17, 15) is 18.4 Å². The molecular formula is C22H22F2N8O3. The summed E-state index contributed by atoms with van der Waals surface area (Å²) in [5.41, 5.74) is 1.65. The van der Waals surface area contributed by atoms with Crippen LogP contribution in [0.1, 0.15) is 36.1 Å². The zero-order chi connectivity index (χ0) is 25.2. The molecule has 182 valence electrons. The van der Waals surface area contributed by atoms with Gasteiger partial charge in [-0.05, 0) is 25.1 Å². The van der Waals surface area contributed by atoms with Crippen molar-refractivity contribution >= 4 is 28.4 Å². The summed E-state index contributed by atoms with van der Waals surface area (Å²) in [6.07, 6.45) is 7.54. The minimum absolute atomic E-state index is 0.131. The molecule has 13 heteroatoms. The number of alkyl halides is 2. The molecular weight excluding hydrogens is 462 g/mol. The van der Waals surface area contributed by atoms with Crippen molar-refractivity contribution in [2.45, 2.75) is 31.9 Å². The van der Waals surface area contributed by atoms with Crippen LogP contribution in [-0.2, 0) is 4.79 Å². The Morgan fingerprint density at radius 1 is 1.17 bits per heavy atom.